The number of halogens is 1. The maximum absolute atomic E-state index is 12.3. The van der Waals surface area contributed by atoms with Crippen LogP contribution < -0.4 is 5.32 Å². The molecule has 0 aliphatic heterocycles. The number of oxazole rings is 1. The van der Waals surface area contributed by atoms with Gasteiger partial charge in [0.05, 0.1) is 0 Å². The summed E-state index contributed by atoms with van der Waals surface area (Å²) in [6.45, 7) is 0. The number of benzene rings is 3. The Morgan fingerprint density at radius 2 is 1.76 bits per heavy atom. The van der Waals surface area contributed by atoms with Crippen molar-refractivity contribution >= 4 is 34.3 Å². The SMILES string of the molecule is O=C(Nc1cccc(-c2nc3ccccc3o2)c1)c1ccc(Cl)cc1. The van der Waals surface area contributed by atoms with E-state index in [0.717, 1.165) is 16.7 Å². The Kier molecular flexibility index (Phi) is 3.96. The molecule has 1 heterocycles. The van der Waals surface area contributed by atoms with Crippen molar-refractivity contribution < 1.29 is 9.21 Å². The molecular weight excluding hydrogens is 336 g/mol. The maximum Gasteiger partial charge on any atom is 0.255 e. The number of carbonyl (C=O) groups excluding carboxylic acids is 1. The smallest absolute Gasteiger partial charge is 0.255 e. The van der Waals surface area contributed by atoms with Gasteiger partial charge in [0, 0.05) is 21.8 Å². The molecule has 5 heteroatoms. The Hall–Kier alpha value is -3.11. The third-order valence-electron chi connectivity index (χ3n) is 3.77. The number of fused-ring (bicyclic) bond motifs is 1. The number of amides is 1. The highest BCUT2D eigenvalue weighted by Gasteiger charge is 2.10. The molecule has 1 amide bonds. The number of rotatable bonds is 3. The van der Waals surface area contributed by atoms with E-state index in [1.165, 1.54) is 0 Å². The molecule has 0 saturated heterocycles. The summed E-state index contributed by atoms with van der Waals surface area (Å²) in [6, 6.07) is 21.7. The van der Waals surface area contributed by atoms with Gasteiger partial charge in [-0.05, 0) is 54.6 Å². The van der Waals surface area contributed by atoms with Crippen LogP contribution in [0.15, 0.2) is 77.2 Å². The Morgan fingerprint density at radius 3 is 2.56 bits per heavy atom. The molecule has 122 valence electrons. The van der Waals surface area contributed by atoms with Gasteiger partial charge in [-0.3, -0.25) is 4.79 Å². The number of anilines is 1. The lowest BCUT2D eigenvalue weighted by Crippen LogP contribution is -2.11. The van der Waals surface area contributed by atoms with E-state index in [9.17, 15) is 4.79 Å². The zero-order valence-electron chi connectivity index (χ0n) is 13.1. The molecule has 4 rings (SSSR count). The van der Waals surface area contributed by atoms with Crippen LogP contribution >= 0.6 is 11.6 Å². The molecule has 0 aliphatic rings. The number of hydrogen-bond donors (Lipinski definition) is 1. The van der Waals surface area contributed by atoms with Gasteiger partial charge in [0.25, 0.3) is 5.91 Å². The van der Waals surface area contributed by atoms with Gasteiger partial charge in [-0.15, -0.1) is 0 Å². The lowest BCUT2D eigenvalue weighted by Gasteiger charge is -2.06. The molecule has 0 saturated carbocycles. The van der Waals surface area contributed by atoms with Crippen molar-refractivity contribution in [3.05, 3.63) is 83.4 Å². The molecule has 4 aromatic rings. The van der Waals surface area contributed by atoms with Crippen molar-refractivity contribution in [1.82, 2.24) is 4.98 Å². The minimum absolute atomic E-state index is 0.202. The number of para-hydroxylation sites is 2. The molecule has 3 aromatic carbocycles. The zero-order valence-corrected chi connectivity index (χ0v) is 13.8. The monoisotopic (exact) mass is 348 g/mol. The van der Waals surface area contributed by atoms with Gasteiger partial charge in [-0.1, -0.05) is 29.8 Å². The summed E-state index contributed by atoms with van der Waals surface area (Å²) < 4.78 is 5.77. The first-order valence-electron chi connectivity index (χ1n) is 7.72. The first-order valence-corrected chi connectivity index (χ1v) is 8.10. The van der Waals surface area contributed by atoms with Crippen molar-refractivity contribution in [2.45, 2.75) is 0 Å². The molecule has 0 bridgehead atoms. The fraction of sp³-hybridized carbons (Fsp3) is 0. The Morgan fingerprint density at radius 1 is 0.960 bits per heavy atom. The van der Waals surface area contributed by atoms with Crippen molar-refractivity contribution in [3.8, 4) is 11.5 Å². The van der Waals surface area contributed by atoms with Crippen LogP contribution in [0.5, 0.6) is 0 Å². The number of aromatic nitrogens is 1. The van der Waals surface area contributed by atoms with E-state index in [2.05, 4.69) is 10.3 Å². The Bertz CT molecular complexity index is 1020. The first kappa shape index (κ1) is 15.4. The number of nitrogens with zero attached hydrogens (tertiary/aromatic N) is 1. The van der Waals surface area contributed by atoms with Crippen LogP contribution in [-0.4, -0.2) is 10.9 Å². The van der Waals surface area contributed by atoms with Gasteiger partial charge in [0.1, 0.15) is 5.52 Å². The summed E-state index contributed by atoms with van der Waals surface area (Å²) in [6.07, 6.45) is 0. The minimum Gasteiger partial charge on any atom is -0.436 e. The number of carbonyl (C=O) groups is 1. The summed E-state index contributed by atoms with van der Waals surface area (Å²) in [5.41, 5.74) is 3.53. The molecule has 4 nitrogen and oxygen atoms in total. The summed E-state index contributed by atoms with van der Waals surface area (Å²) >= 11 is 5.85. The van der Waals surface area contributed by atoms with Crippen LogP contribution in [-0.2, 0) is 0 Å². The van der Waals surface area contributed by atoms with Crippen LogP contribution in [0.4, 0.5) is 5.69 Å². The zero-order chi connectivity index (χ0) is 17.2. The van der Waals surface area contributed by atoms with Crippen LogP contribution in [0.1, 0.15) is 10.4 Å². The van der Waals surface area contributed by atoms with E-state index in [4.69, 9.17) is 16.0 Å². The van der Waals surface area contributed by atoms with E-state index in [0.29, 0.717) is 22.2 Å². The van der Waals surface area contributed by atoms with Crippen LogP contribution in [0.3, 0.4) is 0 Å². The number of hydrogen-bond acceptors (Lipinski definition) is 3. The van der Waals surface area contributed by atoms with Gasteiger partial charge in [0.2, 0.25) is 5.89 Å². The molecular formula is C20H13ClN2O2. The fourth-order valence-corrected chi connectivity index (χ4v) is 2.66. The van der Waals surface area contributed by atoms with Crippen LogP contribution in [0.25, 0.3) is 22.6 Å². The molecule has 0 radical (unpaired) electrons. The van der Waals surface area contributed by atoms with Gasteiger partial charge < -0.3 is 9.73 Å². The normalized spacial score (nSPS) is 10.8. The van der Waals surface area contributed by atoms with Crippen molar-refractivity contribution in [3.63, 3.8) is 0 Å². The van der Waals surface area contributed by atoms with Crippen molar-refractivity contribution in [1.29, 1.82) is 0 Å². The van der Waals surface area contributed by atoms with Gasteiger partial charge in [-0.25, -0.2) is 4.98 Å². The summed E-state index contributed by atoms with van der Waals surface area (Å²) in [7, 11) is 0. The predicted molar refractivity (Wildman–Crippen MR) is 98.9 cm³/mol. The van der Waals surface area contributed by atoms with E-state index in [-0.39, 0.29) is 5.91 Å². The summed E-state index contributed by atoms with van der Waals surface area (Å²) in [4.78, 5) is 16.8. The summed E-state index contributed by atoms with van der Waals surface area (Å²) in [5, 5.41) is 3.46. The van der Waals surface area contributed by atoms with E-state index < -0.39 is 0 Å². The standard InChI is InChI=1S/C20H13ClN2O2/c21-15-10-8-13(9-11-15)19(24)22-16-5-3-4-14(12-16)20-23-17-6-1-2-7-18(17)25-20/h1-12H,(H,22,24). The Labute approximate surface area is 149 Å². The molecule has 0 spiro atoms. The largest absolute Gasteiger partial charge is 0.436 e. The quantitative estimate of drug-likeness (QED) is 0.539. The lowest BCUT2D eigenvalue weighted by molar-refractivity contribution is 0.102. The molecule has 1 N–H and O–H groups in total. The van der Waals surface area contributed by atoms with Crippen LogP contribution in [0.2, 0.25) is 5.02 Å². The highest BCUT2D eigenvalue weighted by Crippen LogP contribution is 2.26. The van der Waals surface area contributed by atoms with E-state index >= 15 is 0 Å². The Balaban J connectivity index is 1.60. The predicted octanol–water partition coefficient (Wildman–Crippen LogP) is 5.40. The van der Waals surface area contributed by atoms with Gasteiger partial charge in [0.15, 0.2) is 5.58 Å². The second-order valence-corrected chi connectivity index (χ2v) is 5.97. The maximum atomic E-state index is 12.3. The average molecular weight is 349 g/mol. The second-order valence-electron chi connectivity index (χ2n) is 5.53. The molecule has 0 unspecified atom stereocenters. The molecule has 25 heavy (non-hydrogen) atoms. The third kappa shape index (κ3) is 3.25. The minimum atomic E-state index is -0.202. The van der Waals surface area contributed by atoms with Crippen LogP contribution in [0, 0.1) is 0 Å². The average Bonchev–Trinajstić information content (AvgIpc) is 3.07. The molecule has 0 aliphatic carbocycles. The number of nitrogens with one attached hydrogen (secondary N) is 1. The molecule has 0 fully saturated rings. The van der Waals surface area contributed by atoms with E-state index in [1.54, 1.807) is 24.3 Å². The first-order chi connectivity index (χ1) is 12.2. The lowest BCUT2D eigenvalue weighted by atomic mass is 10.1. The fourth-order valence-electron chi connectivity index (χ4n) is 2.53. The van der Waals surface area contributed by atoms with Crippen molar-refractivity contribution in [2.24, 2.45) is 0 Å². The summed E-state index contributed by atoms with van der Waals surface area (Å²) in [5.74, 6) is 0.315. The molecule has 0 atom stereocenters. The van der Waals surface area contributed by atoms with Gasteiger partial charge >= 0.3 is 0 Å². The van der Waals surface area contributed by atoms with Crippen molar-refractivity contribution in [2.75, 3.05) is 5.32 Å². The highest BCUT2D eigenvalue weighted by atomic mass is 35.5. The highest BCUT2D eigenvalue weighted by molar-refractivity contribution is 6.30. The molecule has 1 aromatic heterocycles. The second kappa shape index (κ2) is 6.42. The van der Waals surface area contributed by atoms with E-state index in [1.807, 2.05) is 48.5 Å². The van der Waals surface area contributed by atoms with Gasteiger partial charge in [-0.2, -0.15) is 0 Å². The third-order valence-corrected chi connectivity index (χ3v) is 4.02. The topological polar surface area (TPSA) is 55.1 Å².